The first-order valence-electron chi connectivity index (χ1n) is 8.25. The Bertz CT molecular complexity index is 883. The number of unbranched alkanes of at least 4 members (excludes halogenated alkanes) is 1. The van der Waals surface area contributed by atoms with E-state index < -0.39 is 0 Å². The Hall–Kier alpha value is -2.41. The van der Waals surface area contributed by atoms with E-state index in [0.717, 1.165) is 34.8 Å². The monoisotopic (exact) mass is 360 g/mol. The Kier molecular flexibility index (Phi) is 5.03. The van der Waals surface area contributed by atoms with Crippen molar-refractivity contribution in [3.63, 3.8) is 0 Å². The van der Waals surface area contributed by atoms with Crippen molar-refractivity contribution in [3.8, 4) is 5.69 Å². The lowest BCUT2D eigenvalue weighted by atomic mass is 10.3. The molecular formula is C18H21FN4OS. The van der Waals surface area contributed by atoms with Gasteiger partial charge in [-0.05, 0) is 36.8 Å². The highest BCUT2D eigenvalue weighted by atomic mass is 32.1. The number of halogens is 1. The largest absolute Gasteiger partial charge is 0.351 e. The van der Waals surface area contributed by atoms with Gasteiger partial charge in [-0.2, -0.15) is 0 Å². The number of aromatic nitrogens is 2. The molecule has 25 heavy (non-hydrogen) atoms. The number of amides is 1. The summed E-state index contributed by atoms with van der Waals surface area (Å²) in [6, 6.07) is 8.09. The first kappa shape index (κ1) is 17.4. The molecule has 3 rings (SSSR count). The molecule has 5 nitrogen and oxygen atoms in total. The predicted molar refractivity (Wildman–Crippen MR) is 100 cm³/mol. The molecule has 0 fully saturated rings. The number of carbonyl (C=O) groups is 1. The number of carbonyl (C=O) groups excluding carboxylic acids is 1. The standard InChI is InChI=1S/C18H21FN4OS/c1-4-5-10-20-16(24)15-11-14-17(25-15)23(18(21-14)22(2)3)13-8-6-12(19)7-9-13/h6-9,11H,4-5,10H2,1-3H3,(H,20,24). The highest BCUT2D eigenvalue weighted by Gasteiger charge is 2.19. The maximum Gasteiger partial charge on any atom is 0.261 e. The topological polar surface area (TPSA) is 50.2 Å². The molecule has 0 bridgehead atoms. The number of rotatable bonds is 6. The number of anilines is 1. The molecule has 0 saturated heterocycles. The minimum absolute atomic E-state index is 0.0755. The second-order valence-corrected chi connectivity index (χ2v) is 7.06. The molecule has 1 N–H and O–H groups in total. The van der Waals surface area contributed by atoms with E-state index in [1.807, 2.05) is 29.6 Å². The molecule has 0 aliphatic rings. The van der Waals surface area contributed by atoms with Gasteiger partial charge < -0.3 is 10.2 Å². The summed E-state index contributed by atoms with van der Waals surface area (Å²) in [5.41, 5.74) is 1.58. The van der Waals surface area contributed by atoms with E-state index in [0.29, 0.717) is 11.4 Å². The SMILES string of the molecule is CCCCNC(=O)c1cc2nc(N(C)C)n(-c3ccc(F)cc3)c2s1. The van der Waals surface area contributed by atoms with Crippen LogP contribution in [-0.4, -0.2) is 36.1 Å². The van der Waals surface area contributed by atoms with Gasteiger partial charge in [0.1, 0.15) is 16.2 Å². The molecule has 0 atom stereocenters. The molecule has 0 radical (unpaired) electrons. The Morgan fingerprint density at radius 1 is 1.32 bits per heavy atom. The number of imidazole rings is 1. The fourth-order valence-corrected chi connectivity index (χ4v) is 3.59. The third kappa shape index (κ3) is 3.51. The van der Waals surface area contributed by atoms with Crippen molar-refractivity contribution in [1.29, 1.82) is 0 Å². The van der Waals surface area contributed by atoms with Crippen molar-refractivity contribution in [2.24, 2.45) is 0 Å². The zero-order valence-corrected chi connectivity index (χ0v) is 15.4. The average molecular weight is 360 g/mol. The van der Waals surface area contributed by atoms with Crippen LogP contribution >= 0.6 is 11.3 Å². The van der Waals surface area contributed by atoms with E-state index in [-0.39, 0.29) is 11.7 Å². The molecule has 0 saturated carbocycles. The number of thiophene rings is 1. The van der Waals surface area contributed by atoms with Crippen LogP contribution in [0.3, 0.4) is 0 Å². The lowest BCUT2D eigenvalue weighted by molar-refractivity contribution is 0.0957. The second kappa shape index (κ2) is 7.23. The maximum atomic E-state index is 13.3. The van der Waals surface area contributed by atoms with Crippen LogP contribution in [0, 0.1) is 5.82 Å². The minimum Gasteiger partial charge on any atom is -0.351 e. The molecule has 3 aromatic rings. The third-order valence-corrected chi connectivity index (χ3v) is 4.95. The molecule has 132 valence electrons. The van der Waals surface area contributed by atoms with Gasteiger partial charge in [0.25, 0.3) is 5.91 Å². The van der Waals surface area contributed by atoms with Crippen LogP contribution in [-0.2, 0) is 0 Å². The quantitative estimate of drug-likeness (QED) is 0.680. The van der Waals surface area contributed by atoms with E-state index >= 15 is 0 Å². The lowest BCUT2D eigenvalue weighted by Crippen LogP contribution is -2.23. The summed E-state index contributed by atoms with van der Waals surface area (Å²) in [6.45, 7) is 2.76. The fourth-order valence-electron chi connectivity index (χ4n) is 2.56. The molecule has 7 heteroatoms. The van der Waals surface area contributed by atoms with Crippen LogP contribution in [0.4, 0.5) is 10.3 Å². The molecule has 0 spiro atoms. The van der Waals surface area contributed by atoms with E-state index in [1.54, 1.807) is 12.1 Å². The van der Waals surface area contributed by atoms with Gasteiger partial charge in [0, 0.05) is 20.6 Å². The first-order valence-corrected chi connectivity index (χ1v) is 9.06. The maximum absolute atomic E-state index is 13.3. The van der Waals surface area contributed by atoms with Gasteiger partial charge >= 0.3 is 0 Å². The molecular weight excluding hydrogens is 339 g/mol. The van der Waals surface area contributed by atoms with Gasteiger partial charge in [0.15, 0.2) is 0 Å². The third-order valence-electron chi connectivity index (χ3n) is 3.84. The molecule has 1 amide bonds. The normalized spacial score (nSPS) is 11.0. The fraction of sp³-hybridized carbons (Fsp3) is 0.333. The number of nitrogens with one attached hydrogen (secondary N) is 1. The summed E-state index contributed by atoms with van der Waals surface area (Å²) >= 11 is 1.40. The Balaban J connectivity index is 2.02. The smallest absolute Gasteiger partial charge is 0.261 e. The summed E-state index contributed by atoms with van der Waals surface area (Å²) in [7, 11) is 3.81. The number of fused-ring (bicyclic) bond motifs is 1. The van der Waals surface area contributed by atoms with Crippen LogP contribution in [0.15, 0.2) is 30.3 Å². The molecule has 0 aliphatic heterocycles. The Labute approximate surface area is 150 Å². The summed E-state index contributed by atoms with van der Waals surface area (Å²) in [5.74, 6) is 0.382. The second-order valence-electron chi connectivity index (χ2n) is 6.03. The summed E-state index contributed by atoms with van der Waals surface area (Å²) in [4.78, 5) is 20.3. The average Bonchev–Trinajstić information content (AvgIpc) is 3.14. The van der Waals surface area contributed by atoms with Crippen molar-refractivity contribution >= 4 is 33.5 Å². The van der Waals surface area contributed by atoms with Gasteiger partial charge in [0.05, 0.1) is 10.6 Å². The summed E-state index contributed by atoms with van der Waals surface area (Å²) < 4.78 is 15.2. The highest BCUT2D eigenvalue weighted by molar-refractivity contribution is 7.20. The van der Waals surface area contributed by atoms with Gasteiger partial charge in [-0.3, -0.25) is 9.36 Å². The van der Waals surface area contributed by atoms with Crippen LogP contribution < -0.4 is 10.2 Å². The van der Waals surface area contributed by atoms with Gasteiger partial charge in [-0.15, -0.1) is 11.3 Å². The van der Waals surface area contributed by atoms with Gasteiger partial charge in [-0.25, -0.2) is 9.37 Å². The molecule has 0 aliphatic carbocycles. The number of hydrogen-bond donors (Lipinski definition) is 1. The van der Waals surface area contributed by atoms with Crippen molar-refractivity contribution in [1.82, 2.24) is 14.9 Å². The molecule has 1 aromatic carbocycles. The van der Waals surface area contributed by atoms with Gasteiger partial charge in [0.2, 0.25) is 5.95 Å². The lowest BCUT2D eigenvalue weighted by Gasteiger charge is -2.14. The van der Waals surface area contributed by atoms with E-state index in [1.165, 1.54) is 23.5 Å². The Morgan fingerprint density at radius 2 is 2.04 bits per heavy atom. The molecule has 0 unspecified atom stereocenters. The number of nitrogens with zero attached hydrogens (tertiary/aromatic N) is 3. The van der Waals surface area contributed by atoms with E-state index in [4.69, 9.17) is 0 Å². The predicted octanol–water partition coefficient (Wildman–Crippen LogP) is 3.82. The van der Waals surface area contributed by atoms with E-state index in [9.17, 15) is 9.18 Å². The Morgan fingerprint density at radius 3 is 2.68 bits per heavy atom. The van der Waals surface area contributed by atoms with Crippen LogP contribution in [0.5, 0.6) is 0 Å². The number of hydrogen-bond acceptors (Lipinski definition) is 4. The summed E-state index contributed by atoms with van der Waals surface area (Å²) in [6.07, 6.45) is 2.00. The van der Waals surface area contributed by atoms with Crippen molar-refractivity contribution in [3.05, 3.63) is 41.0 Å². The van der Waals surface area contributed by atoms with Crippen LogP contribution in [0.1, 0.15) is 29.4 Å². The summed E-state index contributed by atoms with van der Waals surface area (Å²) in [5, 5.41) is 2.93. The van der Waals surface area contributed by atoms with Crippen molar-refractivity contribution in [2.75, 3.05) is 25.5 Å². The first-order chi connectivity index (χ1) is 12.0. The minimum atomic E-state index is -0.284. The van der Waals surface area contributed by atoms with Crippen molar-refractivity contribution < 1.29 is 9.18 Å². The highest BCUT2D eigenvalue weighted by Crippen LogP contribution is 2.32. The van der Waals surface area contributed by atoms with Crippen LogP contribution in [0.25, 0.3) is 16.0 Å². The zero-order chi connectivity index (χ0) is 18.0. The van der Waals surface area contributed by atoms with E-state index in [2.05, 4.69) is 17.2 Å². The molecule has 2 aromatic heterocycles. The zero-order valence-electron chi connectivity index (χ0n) is 14.5. The van der Waals surface area contributed by atoms with Gasteiger partial charge in [-0.1, -0.05) is 13.3 Å². The number of benzene rings is 1. The van der Waals surface area contributed by atoms with Crippen molar-refractivity contribution in [2.45, 2.75) is 19.8 Å². The van der Waals surface area contributed by atoms with Crippen LogP contribution in [0.2, 0.25) is 0 Å². The molecule has 2 heterocycles.